The van der Waals surface area contributed by atoms with Gasteiger partial charge in [0.2, 0.25) is 0 Å². The second-order valence-electron chi connectivity index (χ2n) is 4.95. The molecule has 0 aliphatic heterocycles. The molecule has 0 unspecified atom stereocenters. The van der Waals surface area contributed by atoms with Crippen molar-refractivity contribution >= 4 is 23.1 Å². The minimum absolute atomic E-state index is 0.478. The molecular formula is C18H16ClN3O. The highest BCUT2D eigenvalue weighted by Gasteiger charge is 2.07. The monoisotopic (exact) mass is 325 g/mol. The highest BCUT2D eigenvalue weighted by molar-refractivity contribution is 6.17. The van der Waals surface area contributed by atoms with E-state index in [0.717, 1.165) is 28.3 Å². The third kappa shape index (κ3) is 3.60. The van der Waals surface area contributed by atoms with Gasteiger partial charge in [0.15, 0.2) is 0 Å². The number of para-hydroxylation sites is 1. The second kappa shape index (κ2) is 7.11. The predicted octanol–water partition coefficient (Wildman–Crippen LogP) is 4.63. The molecule has 0 radical (unpaired) electrons. The summed E-state index contributed by atoms with van der Waals surface area (Å²) in [5.41, 5.74) is 3.71. The highest BCUT2D eigenvalue weighted by Crippen LogP contribution is 2.29. The van der Waals surface area contributed by atoms with Gasteiger partial charge in [-0.3, -0.25) is 0 Å². The molecule has 0 amide bonds. The van der Waals surface area contributed by atoms with E-state index in [9.17, 15) is 0 Å². The van der Waals surface area contributed by atoms with Crippen LogP contribution in [0.3, 0.4) is 0 Å². The summed E-state index contributed by atoms with van der Waals surface area (Å²) in [5, 5.41) is 3.28. The van der Waals surface area contributed by atoms with Crippen LogP contribution >= 0.6 is 11.6 Å². The van der Waals surface area contributed by atoms with E-state index in [-0.39, 0.29) is 0 Å². The van der Waals surface area contributed by atoms with Crippen LogP contribution in [0.5, 0.6) is 5.75 Å². The molecule has 0 aliphatic carbocycles. The van der Waals surface area contributed by atoms with Gasteiger partial charge in [-0.1, -0.05) is 24.3 Å². The van der Waals surface area contributed by atoms with E-state index in [1.165, 1.54) is 6.33 Å². The molecule has 5 heteroatoms. The van der Waals surface area contributed by atoms with Gasteiger partial charge >= 0.3 is 0 Å². The molecule has 1 heterocycles. The zero-order chi connectivity index (χ0) is 16.1. The maximum Gasteiger partial charge on any atom is 0.134 e. The maximum atomic E-state index is 5.87. The molecule has 3 rings (SSSR count). The van der Waals surface area contributed by atoms with E-state index >= 15 is 0 Å². The summed E-state index contributed by atoms with van der Waals surface area (Å²) in [4.78, 5) is 8.62. The van der Waals surface area contributed by atoms with E-state index in [1.807, 2.05) is 54.6 Å². The molecule has 3 aromatic rings. The third-order valence-corrected chi connectivity index (χ3v) is 3.71. The Morgan fingerprint density at radius 3 is 2.74 bits per heavy atom. The van der Waals surface area contributed by atoms with Crippen LogP contribution in [0.1, 0.15) is 5.56 Å². The molecule has 1 aromatic heterocycles. The first-order valence-corrected chi connectivity index (χ1v) is 7.71. The van der Waals surface area contributed by atoms with Gasteiger partial charge in [-0.25, -0.2) is 9.97 Å². The Balaban J connectivity index is 1.90. The number of hydrogen-bond acceptors (Lipinski definition) is 4. The van der Waals surface area contributed by atoms with Crippen LogP contribution in [-0.4, -0.2) is 17.1 Å². The zero-order valence-electron chi connectivity index (χ0n) is 12.7. The summed E-state index contributed by atoms with van der Waals surface area (Å²) < 4.78 is 5.39. The van der Waals surface area contributed by atoms with Crippen LogP contribution in [0, 0.1) is 0 Å². The molecule has 0 saturated carbocycles. The fourth-order valence-corrected chi connectivity index (χ4v) is 2.48. The number of anilines is 2. The molecule has 23 heavy (non-hydrogen) atoms. The normalized spacial score (nSPS) is 10.3. The van der Waals surface area contributed by atoms with E-state index < -0.39 is 0 Å². The van der Waals surface area contributed by atoms with E-state index in [0.29, 0.717) is 11.7 Å². The van der Waals surface area contributed by atoms with Crippen molar-refractivity contribution in [1.82, 2.24) is 9.97 Å². The number of hydrogen-bond donors (Lipinski definition) is 1. The van der Waals surface area contributed by atoms with Crippen LogP contribution in [0.4, 0.5) is 11.5 Å². The SMILES string of the molecule is COc1ccccc1-c1cc(Nc2cccc(CCl)c2)ncn1. The lowest BCUT2D eigenvalue weighted by atomic mass is 10.1. The number of rotatable bonds is 5. The summed E-state index contributed by atoms with van der Waals surface area (Å²) in [6.45, 7) is 0. The van der Waals surface area contributed by atoms with Crippen molar-refractivity contribution in [2.75, 3.05) is 12.4 Å². The second-order valence-corrected chi connectivity index (χ2v) is 5.22. The number of methoxy groups -OCH3 is 1. The fourth-order valence-electron chi connectivity index (χ4n) is 2.31. The summed E-state index contributed by atoms with van der Waals surface area (Å²) in [6, 6.07) is 17.6. The summed E-state index contributed by atoms with van der Waals surface area (Å²) in [6.07, 6.45) is 1.54. The molecule has 4 nitrogen and oxygen atoms in total. The molecule has 0 fully saturated rings. The summed E-state index contributed by atoms with van der Waals surface area (Å²) in [5.74, 6) is 1.97. The number of aromatic nitrogens is 2. The third-order valence-electron chi connectivity index (χ3n) is 3.40. The number of benzene rings is 2. The van der Waals surface area contributed by atoms with Crippen LogP contribution in [-0.2, 0) is 5.88 Å². The molecule has 0 saturated heterocycles. The van der Waals surface area contributed by atoms with Gasteiger partial charge < -0.3 is 10.1 Å². The minimum atomic E-state index is 0.478. The molecule has 0 aliphatic rings. The number of alkyl halides is 1. The van der Waals surface area contributed by atoms with Crippen molar-refractivity contribution in [2.45, 2.75) is 5.88 Å². The molecule has 2 aromatic carbocycles. The minimum Gasteiger partial charge on any atom is -0.496 e. The number of halogens is 1. The van der Waals surface area contributed by atoms with Crippen molar-refractivity contribution in [1.29, 1.82) is 0 Å². The van der Waals surface area contributed by atoms with Gasteiger partial charge in [-0.15, -0.1) is 11.6 Å². The first-order chi connectivity index (χ1) is 11.3. The van der Waals surface area contributed by atoms with E-state index in [1.54, 1.807) is 7.11 Å². The predicted molar refractivity (Wildman–Crippen MR) is 93.3 cm³/mol. The Morgan fingerprint density at radius 1 is 1.04 bits per heavy atom. The van der Waals surface area contributed by atoms with Gasteiger partial charge in [-0.05, 0) is 29.8 Å². The molecular weight excluding hydrogens is 310 g/mol. The molecule has 0 bridgehead atoms. The van der Waals surface area contributed by atoms with Gasteiger partial charge in [0.1, 0.15) is 17.9 Å². The number of ether oxygens (including phenoxy) is 1. The Morgan fingerprint density at radius 2 is 1.91 bits per heavy atom. The lowest BCUT2D eigenvalue weighted by molar-refractivity contribution is 0.416. The topological polar surface area (TPSA) is 47.0 Å². The van der Waals surface area contributed by atoms with Crippen molar-refractivity contribution in [2.24, 2.45) is 0 Å². The van der Waals surface area contributed by atoms with Crippen LogP contribution in [0.15, 0.2) is 60.9 Å². The molecule has 1 N–H and O–H groups in total. The number of nitrogens with one attached hydrogen (secondary N) is 1. The Labute approximate surface area is 140 Å². The van der Waals surface area contributed by atoms with Gasteiger partial charge in [0.25, 0.3) is 0 Å². The number of nitrogens with zero attached hydrogens (tertiary/aromatic N) is 2. The molecule has 0 atom stereocenters. The molecule has 0 spiro atoms. The van der Waals surface area contributed by atoms with E-state index in [2.05, 4.69) is 15.3 Å². The van der Waals surface area contributed by atoms with E-state index in [4.69, 9.17) is 16.3 Å². The van der Waals surface area contributed by atoms with Crippen LogP contribution in [0.25, 0.3) is 11.3 Å². The standard InChI is InChI=1S/C18H16ClN3O/c1-23-17-8-3-2-7-15(17)16-10-18(21-12-20-16)22-14-6-4-5-13(9-14)11-19/h2-10,12H,11H2,1H3,(H,20,21,22). The lowest BCUT2D eigenvalue weighted by Gasteiger charge is -2.10. The highest BCUT2D eigenvalue weighted by atomic mass is 35.5. The zero-order valence-corrected chi connectivity index (χ0v) is 13.4. The first-order valence-electron chi connectivity index (χ1n) is 7.17. The van der Waals surface area contributed by atoms with Gasteiger partial charge in [0.05, 0.1) is 12.8 Å². The fraction of sp³-hybridized carbons (Fsp3) is 0.111. The lowest BCUT2D eigenvalue weighted by Crippen LogP contribution is -1.97. The average Bonchev–Trinajstić information content (AvgIpc) is 2.62. The Hall–Kier alpha value is -2.59. The van der Waals surface area contributed by atoms with Gasteiger partial charge in [0, 0.05) is 23.2 Å². The van der Waals surface area contributed by atoms with Crippen molar-refractivity contribution < 1.29 is 4.74 Å². The Kier molecular flexibility index (Phi) is 4.74. The average molecular weight is 326 g/mol. The van der Waals surface area contributed by atoms with Gasteiger partial charge in [-0.2, -0.15) is 0 Å². The van der Waals surface area contributed by atoms with Crippen molar-refractivity contribution in [3.63, 3.8) is 0 Å². The molecule has 116 valence electrons. The summed E-state index contributed by atoms with van der Waals surface area (Å²) in [7, 11) is 1.65. The maximum absolute atomic E-state index is 5.87. The van der Waals surface area contributed by atoms with Crippen molar-refractivity contribution in [3.05, 3.63) is 66.5 Å². The smallest absolute Gasteiger partial charge is 0.134 e. The van der Waals surface area contributed by atoms with Crippen LogP contribution < -0.4 is 10.1 Å². The quantitative estimate of drug-likeness (QED) is 0.694. The van der Waals surface area contributed by atoms with Crippen LogP contribution in [0.2, 0.25) is 0 Å². The largest absolute Gasteiger partial charge is 0.496 e. The Bertz CT molecular complexity index is 808. The first kappa shape index (κ1) is 15.3. The van der Waals surface area contributed by atoms with Crippen molar-refractivity contribution in [3.8, 4) is 17.0 Å². The summed E-state index contributed by atoms with van der Waals surface area (Å²) >= 11 is 5.87.